The fourth-order valence-corrected chi connectivity index (χ4v) is 4.06. The zero-order chi connectivity index (χ0) is 15.9. The maximum Gasteiger partial charge on any atom is 0.443 e. The normalized spacial score (nSPS) is 28.4. The summed E-state index contributed by atoms with van der Waals surface area (Å²) in [5.74, 6) is 0.568. The van der Waals surface area contributed by atoms with Gasteiger partial charge in [-0.1, -0.05) is 27.2 Å². The maximum atomic E-state index is 12.7. The number of thiazole rings is 1. The van der Waals surface area contributed by atoms with E-state index >= 15 is 0 Å². The predicted octanol–water partition coefficient (Wildman–Crippen LogP) is 4.94. The molecule has 1 fully saturated rings. The van der Waals surface area contributed by atoms with Crippen LogP contribution < -0.4 is 5.73 Å². The van der Waals surface area contributed by atoms with E-state index in [4.69, 9.17) is 5.73 Å². The molecule has 1 aliphatic rings. The van der Waals surface area contributed by atoms with E-state index in [0.717, 1.165) is 32.1 Å². The molecule has 0 saturated heterocycles. The molecule has 2 rings (SSSR count). The second-order valence-corrected chi connectivity index (χ2v) is 8.21. The fourth-order valence-electron chi connectivity index (χ4n) is 3.11. The van der Waals surface area contributed by atoms with E-state index < -0.39 is 16.7 Å². The van der Waals surface area contributed by atoms with Crippen molar-refractivity contribution in [3.8, 4) is 0 Å². The van der Waals surface area contributed by atoms with E-state index in [-0.39, 0.29) is 5.41 Å². The van der Waals surface area contributed by atoms with Crippen molar-refractivity contribution < 1.29 is 13.2 Å². The van der Waals surface area contributed by atoms with Gasteiger partial charge in [-0.3, -0.25) is 0 Å². The van der Waals surface area contributed by atoms with Crippen LogP contribution in [0.3, 0.4) is 0 Å². The molecular weight excluding hydrogens is 297 g/mol. The van der Waals surface area contributed by atoms with Gasteiger partial charge in [0.15, 0.2) is 5.01 Å². The zero-order valence-electron chi connectivity index (χ0n) is 12.8. The van der Waals surface area contributed by atoms with Crippen LogP contribution in [0.2, 0.25) is 0 Å². The largest absolute Gasteiger partial charge is 0.443 e. The number of aromatic nitrogens is 1. The number of nitrogens with two attached hydrogens (primary N) is 1. The van der Waals surface area contributed by atoms with Crippen LogP contribution in [0.15, 0.2) is 6.20 Å². The first-order valence-corrected chi connectivity index (χ1v) is 8.16. The van der Waals surface area contributed by atoms with Crippen molar-refractivity contribution in [2.24, 2.45) is 17.1 Å². The van der Waals surface area contributed by atoms with Crippen molar-refractivity contribution in [1.82, 2.24) is 4.98 Å². The highest BCUT2D eigenvalue weighted by Gasteiger charge is 2.39. The molecule has 0 radical (unpaired) electrons. The Bertz CT molecular complexity index is 490. The lowest BCUT2D eigenvalue weighted by Gasteiger charge is -2.31. The first-order valence-electron chi connectivity index (χ1n) is 7.35. The Morgan fingerprint density at radius 3 is 2.43 bits per heavy atom. The summed E-state index contributed by atoms with van der Waals surface area (Å²) in [5.41, 5.74) is 6.01. The minimum Gasteiger partial charge on any atom is -0.321 e. The summed E-state index contributed by atoms with van der Waals surface area (Å²) < 4.78 is 38.1. The topological polar surface area (TPSA) is 38.9 Å². The average molecular weight is 320 g/mol. The minimum atomic E-state index is -4.38. The maximum absolute atomic E-state index is 12.7. The third-order valence-corrected chi connectivity index (χ3v) is 5.84. The van der Waals surface area contributed by atoms with Crippen LogP contribution in [0, 0.1) is 11.3 Å². The molecule has 2 atom stereocenters. The number of alkyl halides is 3. The molecule has 0 aromatic carbocycles. The molecule has 0 spiro atoms. The van der Waals surface area contributed by atoms with Crippen LogP contribution in [-0.4, -0.2) is 4.98 Å². The molecule has 6 heteroatoms. The summed E-state index contributed by atoms with van der Waals surface area (Å²) in [6.45, 7) is 6.65. The molecule has 1 heterocycles. The van der Waals surface area contributed by atoms with Gasteiger partial charge in [-0.15, -0.1) is 11.3 Å². The molecule has 120 valence electrons. The van der Waals surface area contributed by atoms with Gasteiger partial charge in [0.25, 0.3) is 0 Å². The minimum absolute atomic E-state index is 0.218. The summed E-state index contributed by atoms with van der Waals surface area (Å²) in [5, 5.41) is -0.793. The number of halogens is 3. The van der Waals surface area contributed by atoms with Gasteiger partial charge in [-0.2, -0.15) is 13.2 Å². The molecule has 1 aromatic rings. The van der Waals surface area contributed by atoms with Gasteiger partial charge in [-0.25, -0.2) is 4.98 Å². The monoisotopic (exact) mass is 320 g/mol. The van der Waals surface area contributed by atoms with Crippen molar-refractivity contribution >= 4 is 11.3 Å². The van der Waals surface area contributed by atoms with Crippen LogP contribution in [-0.2, 0) is 11.7 Å². The van der Waals surface area contributed by atoms with E-state index in [1.54, 1.807) is 0 Å². The van der Waals surface area contributed by atoms with Gasteiger partial charge in [-0.05, 0) is 37.0 Å². The molecule has 21 heavy (non-hydrogen) atoms. The van der Waals surface area contributed by atoms with Crippen LogP contribution >= 0.6 is 11.3 Å². The average Bonchev–Trinajstić information content (AvgIpc) is 2.74. The van der Waals surface area contributed by atoms with E-state index in [1.807, 2.05) is 0 Å². The van der Waals surface area contributed by atoms with Gasteiger partial charge in [0, 0.05) is 11.1 Å². The third kappa shape index (κ3) is 3.77. The highest BCUT2D eigenvalue weighted by atomic mass is 32.1. The SMILES string of the molecule is CC(C)(C)C1CCCC(N)(c2cnc(C(F)(F)F)s2)CC1. The van der Waals surface area contributed by atoms with Gasteiger partial charge in [0.2, 0.25) is 0 Å². The van der Waals surface area contributed by atoms with E-state index in [2.05, 4.69) is 25.8 Å². The lowest BCUT2D eigenvalue weighted by molar-refractivity contribution is -0.137. The highest BCUT2D eigenvalue weighted by Crippen LogP contribution is 2.44. The number of rotatable bonds is 1. The number of nitrogens with zero attached hydrogens (tertiary/aromatic N) is 1. The fraction of sp³-hybridized carbons (Fsp3) is 0.800. The molecule has 2 unspecified atom stereocenters. The number of hydrogen-bond acceptors (Lipinski definition) is 3. The van der Waals surface area contributed by atoms with Gasteiger partial charge < -0.3 is 5.73 Å². The number of hydrogen-bond donors (Lipinski definition) is 1. The molecule has 2 nitrogen and oxygen atoms in total. The molecule has 1 aliphatic carbocycles. The smallest absolute Gasteiger partial charge is 0.321 e. The summed E-state index contributed by atoms with van der Waals surface area (Å²) in [7, 11) is 0. The van der Waals surface area contributed by atoms with Crippen LogP contribution in [0.1, 0.15) is 62.8 Å². The van der Waals surface area contributed by atoms with Crippen LogP contribution in [0.4, 0.5) is 13.2 Å². The summed E-state index contributed by atoms with van der Waals surface area (Å²) in [6.07, 6.45) is 1.42. The third-order valence-electron chi connectivity index (χ3n) is 4.58. The van der Waals surface area contributed by atoms with Gasteiger partial charge >= 0.3 is 6.18 Å². The first-order chi connectivity index (χ1) is 9.52. The Hall–Kier alpha value is -0.620. The van der Waals surface area contributed by atoms with Crippen molar-refractivity contribution in [2.45, 2.75) is 64.6 Å². The van der Waals surface area contributed by atoms with Crippen LogP contribution in [0.25, 0.3) is 0 Å². The molecule has 0 bridgehead atoms. The van der Waals surface area contributed by atoms with Gasteiger partial charge in [0.1, 0.15) is 0 Å². The Kier molecular flexibility index (Phi) is 4.42. The standard InChI is InChI=1S/C15H23F3N2S/c1-13(2,3)10-5-4-7-14(19,8-6-10)11-9-20-12(21-11)15(16,17)18/h9-10H,4-8,19H2,1-3H3. The first kappa shape index (κ1) is 16.7. The predicted molar refractivity (Wildman–Crippen MR) is 79.0 cm³/mol. The van der Waals surface area contributed by atoms with Crippen LogP contribution in [0.5, 0.6) is 0 Å². The van der Waals surface area contributed by atoms with E-state index in [1.165, 1.54) is 6.20 Å². The van der Waals surface area contributed by atoms with Crippen molar-refractivity contribution in [3.63, 3.8) is 0 Å². The molecular formula is C15H23F3N2S. The lowest BCUT2D eigenvalue weighted by atomic mass is 9.76. The van der Waals surface area contributed by atoms with E-state index in [9.17, 15) is 13.2 Å². The molecule has 0 amide bonds. The van der Waals surface area contributed by atoms with Crippen molar-refractivity contribution in [3.05, 3.63) is 16.1 Å². The van der Waals surface area contributed by atoms with Gasteiger partial charge in [0.05, 0.1) is 5.54 Å². The summed E-state index contributed by atoms with van der Waals surface area (Å²) in [4.78, 5) is 4.09. The molecule has 1 saturated carbocycles. The summed E-state index contributed by atoms with van der Waals surface area (Å²) >= 11 is 0.702. The van der Waals surface area contributed by atoms with Crippen molar-refractivity contribution in [2.75, 3.05) is 0 Å². The Balaban J connectivity index is 2.17. The zero-order valence-corrected chi connectivity index (χ0v) is 13.6. The lowest BCUT2D eigenvalue weighted by Crippen LogP contribution is -2.35. The molecule has 2 N–H and O–H groups in total. The van der Waals surface area contributed by atoms with Crippen molar-refractivity contribution in [1.29, 1.82) is 0 Å². The Morgan fingerprint density at radius 2 is 1.90 bits per heavy atom. The second-order valence-electron chi connectivity index (χ2n) is 7.18. The quantitative estimate of drug-likeness (QED) is 0.744. The second kappa shape index (κ2) is 5.54. The summed E-state index contributed by atoms with van der Waals surface area (Å²) in [6, 6.07) is 0. The van der Waals surface area contributed by atoms with E-state index in [0.29, 0.717) is 22.1 Å². The Labute approximate surface area is 128 Å². The molecule has 0 aliphatic heterocycles. The Morgan fingerprint density at radius 1 is 1.24 bits per heavy atom. The molecule has 1 aromatic heterocycles. The highest BCUT2D eigenvalue weighted by molar-refractivity contribution is 7.11.